The lowest BCUT2D eigenvalue weighted by atomic mass is 9.83. The van der Waals surface area contributed by atoms with E-state index in [1.54, 1.807) is 0 Å². The SMILES string of the molecule is C=C(CNC1(C)CCCCC1)C(=O)O. The van der Waals surface area contributed by atoms with Crippen molar-refractivity contribution in [2.45, 2.75) is 44.6 Å². The fraction of sp³-hybridized carbons (Fsp3) is 0.727. The molecule has 0 bridgehead atoms. The molecule has 0 aliphatic heterocycles. The lowest BCUT2D eigenvalue weighted by Crippen LogP contribution is -2.45. The lowest BCUT2D eigenvalue weighted by molar-refractivity contribution is -0.132. The van der Waals surface area contributed by atoms with Crippen molar-refractivity contribution in [3.8, 4) is 0 Å². The van der Waals surface area contributed by atoms with Crippen molar-refractivity contribution in [2.75, 3.05) is 6.54 Å². The van der Waals surface area contributed by atoms with Crippen LogP contribution in [0.15, 0.2) is 12.2 Å². The molecule has 0 unspecified atom stereocenters. The molecule has 2 N–H and O–H groups in total. The summed E-state index contributed by atoms with van der Waals surface area (Å²) in [5.41, 5.74) is 0.369. The first-order chi connectivity index (χ1) is 6.53. The number of carbonyl (C=O) groups is 1. The van der Waals surface area contributed by atoms with Crippen molar-refractivity contribution >= 4 is 5.97 Å². The van der Waals surface area contributed by atoms with E-state index in [2.05, 4.69) is 18.8 Å². The predicted molar refractivity (Wildman–Crippen MR) is 56.3 cm³/mol. The van der Waals surface area contributed by atoms with Crippen LogP contribution in [0, 0.1) is 0 Å². The molecule has 3 nitrogen and oxygen atoms in total. The van der Waals surface area contributed by atoms with Crippen LogP contribution in [0.5, 0.6) is 0 Å². The van der Waals surface area contributed by atoms with Crippen LogP contribution >= 0.6 is 0 Å². The average Bonchev–Trinajstić information content (AvgIpc) is 2.15. The van der Waals surface area contributed by atoms with Crippen molar-refractivity contribution in [1.29, 1.82) is 0 Å². The molecule has 1 saturated carbocycles. The summed E-state index contributed by atoms with van der Waals surface area (Å²) in [6.07, 6.45) is 6.06. The second-order valence-corrected chi connectivity index (χ2v) is 4.38. The second-order valence-electron chi connectivity index (χ2n) is 4.38. The van der Waals surface area contributed by atoms with E-state index in [0.717, 1.165) is 12.8 Å². The highest BCUT2D eigenvalue weighted by Gasteiger charge is 2.26. The van der Waals surface area contributed by atoms with E-state index in [4.69, 9.17) is 5.11 Å². The summed E-state index contributed by atoms with van der Waals surface area (Å²) in [4.78, 5) is 10.5. The van der Waals surface area contributed by atoms with Gasteiger partial charge in [0.05, 0.1) is 0 Å². The first-order valence-electron chi connectivity index (χ1n) is 5.20. The van der Waals surface area contributed by atoms with Gasteiger partial charge >= 0.3 is 5.97 Å². The molecule has 0 saturated heterocycles. The van der Waals surface area contributed by atoms with Gasteiger partial charge in [-0.25, -0.2) is 4.79 Å². The highest BCUT2D eigenvalue weighted by atomic mass is 16.4. The molecule has 80 valence electrons. The van der Waals surface area contributed by atoms with E-state index in [-0.39, 0.29) is 11.1 Å². The maximum Gasteiger partial charge on any atom is 0.332 e. The average molecular weight is 197 g/mol. The highest BCUT2D eigenvalue weighted by molar-refractivity contribution is 5.86. The Kier molecular flexibility index (Phi) is 3.69. The van der Waals surface area contributed by atoms with Crippen LogP contribution in [0.1, 0.15) is 39.0 Å². The molecule has 0 atom stereocenters. The minimum Gasteiger partial charge on any atom is -0.478 e. The Labute approximate surface area is 85.2 Å². The summed E-state index contributed by atoms with van der Waals surface area (Å²) in [7, 11) is 0. The zero-order valence-corrected chi connectivity index (χ0v) is 8.81. The Morgan fingerprint density at radius 3 is 2.50 bits per heavy atom. The molecule has 0 aromatic heterocycles. The van der Waals surface area contributed by atoms with Gasteiger partial charge in [0, 0.05) is 17.7 Å². The Morgan fingerprint density at radius 2 is 2.00 bits per heavy atom. The van der Waals surface area contributed by atoms with Crippen molar-refractivity contribution in [3.63, 3.8) is 0 Å². The highest BCUT2D eigenvalue weighted by Crippen LogP contribution is 2.27. The topological polar surface area (TPSA) is 49.3 Å². The summed E-state index contributed by atoms with van der Waals surface area (Å²) in [5, 5.41) is 12.0. The third-order valence-electron chi connectivity index (χ3n) is 2.99. The van der Waals surface area contributed by atoms with Crippen LogP contribution in [0.25, 0.3) is 0 Å². The number of carboxylic acids is 1. The number of carboxylic acid groups (broad SMARTS) is 1. The van der Waals surface area contributed by atoms with Crippen LogP contribution in [0.2, 0.25) is 0 Å². The van der Waals surface area contributed by atoms with Gasteiger partial charge in [-0.3, -0.25) is 0 Å². The Balaban J connectivity index is 2.35. The van der Waals surface area contributed by atoms with Crippen molar-refractivity contribution < 1.29 is 9.90 Å². The minimum atomic E-state index is -0.906. The molecule has 0 aromatic carbocycles. The third kappa shape index (κ3) is 3.14. The molecule has 0 heterocycles. The van der Waals surface area contributed by atoms with Crippen molar-refractivity contribution in [1.82, 2.24) is 5.32 Å². The zero-order valence-electron chi connectivity index (χ0n) is 8.81. The normalized spacial score (nSPS) is 20.4. The minimum absolute atomic E-state index is 0.122. The summed E-state index contributed by atoms with van der Waals surface area (Å²) in [6.45, 7) is 6.07. The predicted octanol–water partition coefficient (Wildman–Crippen LogP) is 1.94. The van der Waals surface area contributed by atoms with Crippen LogP contribution in [-0.4, -0.2) is 23.2 Å². The summed E-state index contributed by atoms with van der Waals surface area (Å²) in [5.74, 6) is -0.906. The van der Waals surface area contributed by atoms with Gasteiger partial charge in [0.1, 0.15) is 0 Å². The van der Waals surface area contributed by atoms with E-state index < -0.39 is 5.97 Å². The van der Waals surface area contributed by atoms with E-state index >= 15 is 0 Å². The summed E-state index contributed by atoms with van der Waals surface area (Å²) < 4.78 is 0. The summed E-state index contributed by atoms with van der Waals surface area (Å²) >= 11 is 0. The lowest BCUT2D eigenvalue weighted by Gasteiger charge is -2.34. The van der Waals surface area contributed by atoms with Crippen LogP contribution < -0.4 is 5.32 Å². The fourth-order valence-corrected chi connectivity index (χ4v) is 1.90. The molecular formula is C11H19NO2. The van der Waals surface area contributed by atoms with Crippen LogP contribution in [-0.2, 0) is 4.79 Å². The molecule has 0 aromatic rings. The van der Waals surface area contributed by atoms with Gasteiger partial charge in [-0.05, 0) is 19.8 Å². The molecule has 14 heavy (non-hydrogen) atoms. The van der Waals surface area contributed by atoms with Crippen LogP contribution in [0.3, 0.4) is 0 Å². The number of hydrogen-bond donors (Lipinski definition) is 2. The van der Waals surface area contributed by atoms with Crippen molar-refractivity contribution in [2.24, 2.45) is 0 Å². The van der Waals surface area contributed by atoms with Gasteiger partial charge < -0.3 is 10.4 Å². The molecule has 1 aliphatic rings. The van der Waals surface area contributed by atoms with E-state index in [1.807, 2.05) is 0 Å². The van der Waals surface area contributed by atoms with E-state index in [1.165, 1.54) is 19.3 Å². The Hall–Kier alpha value is -0.830. The van der Waals surface area contributed by atoms with Gasteiger partial charge in [0.2, 0.25) is 0 Å². The number of nitrogens with one attached hydrogen (secondary N) is 1. The first-order valence-corrected chi connectivity index (χ1v) is 5.20. The van der Waals surface area contributed by atoms with E-state index in [0.29, 0.717) is 6.54 Å². The molecule has 3 heteroatoms. The maximum absolute atomic E-state index is 10.5. The zero-order chi connectivity index (χ0) is 10.6. The molecule has 0 spiro atoms. The molecule has 1 fully saturated rings. The van der Waals surface area contributed by atoms with Crippen LogP contribution in [0.4, 0.5) is 0 Å². The molecule has 1 aliphatic carbocycles. The molecular weight excluding hydrogens is 178 g/mol. The summed E-state index contributed by atoms with van der Waals surface area (Å²) in [6, 6.07) is 0. The van der Waals surface area contributed by atoms with Gasteiger partial charge in [-0.15, -0.1) is 0 Å². The fourth-order valence-electron chi connectivity index (χ4n) is 1.90. The van der Waals surface area contributed by atoms with Gasteiger partial charge in [-0.2, -0.15) is 0 Å². The van der Waals surface area contributed by atoms with Gasteiger partial charge in [-0.1, -0.05) is 25.8 Å². The standard InChI is InChI=1S/C11H19NO2/c1-9(10(13)14)8-12-11(2)6-4-3-5-7-11/h12H,1,3-8H2,2H3,(H,13,14). The third-order valence-corrected chi connectivity index (χ3v) is 2.99. The Morgan fingerprint density at radius 1 is 1.43 bits per heavy atom. The Bertz CT molecular complexity index is 229. The number of rotatable bonds is 4. The quantitative estimate of drug-likeness (QED) is 0.677. The molecule has 1 rings (SSSR count). The monoisotopic (exact) mass is 197 g/mol. The van der Waals surface area contributed by atoms with Gasteiger partial charge in [0.25, 0.3) is 0 Å². The van der Waals surface area contributed by atoms with Crippen molar-refractivity contribution in [3.05, 3.63) is 12.2 Å². The number of aliphatic carboxylic acids is 1. The maximum atomic E-state index is 10.5. The smallest absolute Gasteiger partial charge is 0.332 e. The number of hydrogen-bond acceptors (Lipinski definition) is 2. The molecule has 0 radical (unpaired) electrons. The van der Waals surface area contributed by atoms with E-state index in [9.17, 15) is 4.79 Å². The second kappa shape index (κ2) is 4.60. The molecule has 0 amide bonds. The first kappa shape index (κ1) is 11.2. The largest absolute Gasteiger partial charge is 0.478 e. The van der Waals surface area contributed by atoms with Gasteiger partial charge in [0.15, 0.2) is 0 Å².